The van der Waals surface area contributed by atoms with E-state index in [0.29, 0.717) is 7.11 Å². The number of alkyl halides is 6. The van der Waals surface area contributed by atoms with Gasteiger partial charge in [-0.1, -0.05) is 5.92 Å². The molecule has 10 heteroatoms. The van der Waals surface area contributed by atoms with Crippen LogP contribution in [0.25, 0.3) is 0 Å². The van der Waals surface area contributed by atoms with Crippen LogP contribution in [0, 0.1) is 12.3 Å². The van der Waals surface area contributed by atoms with Gasteiger partial charge in [-0.2, -0.15) is 26.3 Å². The number of hydrogen-bond donors (Lipinski definition) is 1. The fourth-order valence-corrected chi connectivity index (χ4v) is 0.347. The van der Waals surface area contributed by atoms with E-state index in [1.807, 2.05) is 5.92 Å². The molecule has 0 aliphatic rings. The molecule has 0 heterocycles. The Kier molecular flexibility index (Phi) is 7.60. The highest BCUT2D eigenvalue weighted by Gasteiger charge is 2.40. The molecule has 1 N–H and O–H groups in total. The van der Waals surface area contributed by atoms with Crippen molar-refractivity contribution in [1.29, 1.82) is 0 Å². The standard InChI is InChI=1S/C5H4F3NO.C3H3F3O2/c1-2-3-9-4(10)5(6,7)8;1-8-2(7)3(4,5)6/h1H,3H2,(H,9,10);1H3. The monoisotopic (exact) mass is 279 g/mol. The summed E-state index contributed by atoms with van der Waals surface area (Å²) in [5.74, 6) is -2.34. The SMILES string of the molecule is C#CCNC(=O)C(F)(F)F.COC(=O)C(F)(F)F. The highest BCUT2D eigenvalue weighted by molar-refractivity contribution is 5.81. The number of ether oxygens (including phenoxy) is 1. The van der Waals surface area contributed by atoms with Crippen LogP contribution >= 0.6 is 0 Å². The predicted octanol–water partition coefficient (Wildman–Crippen LogP) is 1.02. The Labute approximate surface area is 97.3 Å². The first-order valence-electron chi connectivity index (χ1n) is 3.90. The number of methoxy groups -OCH3 is 1. The van der Waals surface area contributed by atoms with Crippen LogP contribution in [0.5, 0.6) is 0 Å². The van der Waals surface area contributed by atoms with Crippen LogP contribution in [-0.2, 0) is 14.3 Å². The fourth-order valence-electron chi connectivity index (χ4n) is 0.347. The molecule has 0 atom stereocenters. The molecule has 1 amide bonds. The number of esters is 1. The third-order valence-corrected chi connectivity index (χ3v) is 1.03. The summed E-state index contributed by atoms with van der Waals surface area (Å²) in [6.45, 7) is -0.404. The van der Waals surface area contributed by atoms with E-state index in [1.165, 1.54) is 5.32 Å². The number of halogens is 6. The minimum atomic E-state index is -4.85. The normalized spacial score (nSPS) is 10.6. The maximum atomic E-state index is 11.3. The Balaban J connectivity index is 0. The first kappa shape index (κ1) is 18.4. The molecule has 0 aromatic rings. The van der Waals surface area contributed by atoms with E-state index in [2.05, 4.69) is 11.2 Å². The molecule has 0 unspecified atom stereocenters. The lowest BCUT2D eigenvalue weighted by Crippen LogP contribution is -2.36. The van der Waals surface area contributed by atoms with Crippen LogP contribution in [0.3, 0.4) is 0 Å². The van der Waals surface area contributed by atoms with Crippen LogP contribution in [0.2, 0.25) is 0 Å². The highest BCUT2D eigenvalue weighted by atomic mass is 19.4. The fraction of sp³-hybridized carbons (Fsp3) is 0.500. The summed E-state index contributed by atoms with van der Waals surface area (Å²) in [5.41, 5.74) is 0. The van der Waals surface area contributed by atoms with Crippen molar-refractivity contribution in [3.05, 3.63) is 0 Å². The van der Waals surface area contributed by atoms with Crippen LogP contribution in [0.15, 0.2) is 0 Å². The van der Waals surface area contributed by atoms with E-state index in [-0.39, 0.29) is 0 Å². The molecule has 0 aromatic heterocycles. The third kappa shape index (κ3) is 9.32. The third-order valence-electron chi connectivity index (χ3n) is 1.03. The summed E-state index contributed by atoms with van der Waals surface area (Å²) in [6, 6.07) is 0. The van der Waals surface area contributed by atoms with Crippen LogP contribution < -0.4 is 5.32 Å². The zero-order chi connectivity index (χ0) is 15.0. The van der Waals surface area contributed by atoms with Gasteiger partial charge in [0.05, 0.1) is 13.7 Å². The molecule has 0 bridgehead atoms. The molecule has 4 nitrogen and oxygen atoms in total. The van der Waals surface area contributed by atoms with Crippen LogP contribution in [0.4, 0.5) is 26.3 Å². The second-order valence-electron chi connectivity index (χ2n) is 2.37. The van der Waals surface area contributed by atoms with Gasteiger partial charge in [0.2, 0.25) is 0 Å². The van der Waals surface area contributed by atoms with Gasteiger partial charge >= 0.3 is 24.2 Å². The molecule has 0 fully saturated rings. The molecule has 0 saturated carbocycles. The van der Waals surface area contributed by atoms with E-state index < -0.39 is 30.8 Å². The Morgan fingerprint density at radius 2 is 1.61 bits per heavy atom. The lowest BCUT2D eigenvalue weighted by molar-refractivity contribution is -0.196. The summed E-state index contributed by atoms with van der Waals surface area (Å²) < 4.78 is 70.2. The molecule has 0 aromatic carbocycles. The molecule has 0 rings (SSSR count). The van der Waals surface area contributed by atoms with Gasteiger partial charge in [0.1, 0.15) is 0 Å². The predicted molar refractivity (Wildman–Crippen MR) is 46.0 cm³/mol. The van der Waals surface area contributed by atoms with Gasteiger partial charge in [0.15, 0.2) is 0 Å². The number of carbonyl (C=O) groups is 2. The molecule has 0 radical (unpaired) electrons. The lowest BCUT2D eigenvalue weighted by Gasteiger charge is -2.03. The maximum absolute atomic E-state index is 11.3. The zero-order valence-electron chi connectivity index (χ0n) is 8.78. The number of terminal acetylenes is 1. The number of carbonyl (C=O) groups excluding carboxylic acids is 2. The molecule has 0 aliphatic carbocycles. The Morgan fingerprint density at radius 3 is 1.78 bits per heavy atom. The van der Waals surface area contributed by atoms with E-state index >= 15 is 0 Å². The molecular formula is C8H7F6NO3. The second kappa shape index (κ2) is 7.41. The molecule has 0 spiro atoms. The average molecular weight is 279 g/mol. The van der Waals surface area contributed by atoms with Crippen LogP contribution in [0.1, 0.15) is 0 Å². The van der Waals surface area contributed by atoms with Crippen molar-refractivity contribution >= 4 is 11.9 Å². The number of nitrogens with one attached hydrogen (secondary N) is 1. The summed E-state index contributed by atoms with van der Waals surface area (Å²) >= 11 is 0. The second-order valence-corrected chi connectivity index (χ2v) is 2.37. The Morgan fingerprint density at radius 1 is 1.17 bits per heavy atom. The summed E-state index contributed by atoms with van der Waals surface area (Å²) in [6.07, 6.45) is -5.10. The van der Waals surface area contributed by atoms with Crippen LogP contribution in [-0.4, -0.2) is 37.9 Å². The molecule has 0 saturated heterocycles. The van der Waals surface area contributed by atoms with Crippen molar-refractivity contribution in [2.75, 3.05) is 13.7 Å². The topological polar surface area (TPSA) is 55.4 Å². The van der Waals surface area contributed by atoms with Gasteiger partial charge in [-0.05, 0) is 0 Å². The number of rotatable bonds is 1. The van der Waals surface area contributed by atoms with Crippen molar-refractivity contribution in [3.63, 3.8) is 0 Å². The first-order chi connectivity index (χ1) is 7.96. The van der Waals surface area contributed by atoms with Gasteiger partial charge in [-0.15, -0.1) is 6.42 Å². The Hall–Kier alpha value is -1.92. The lowest BCUT2D eigenvalue weighted by atomic mass is 10.5. The van der Waals surface area contributed by atoms with E-state index in [4.69, 9.17) is 0 Å². The van der Waals surface area contributed by atoms with Gasteiger partial charge in [0.25, 0.3) is 0 Å². The van der Waals surface area contributed by atoms with E-state index in [9.17, 15) is 35.9 Å². The zero-order valence-corrected chi connectivity index (χ0v) is 8.78. The largest absolute Gasteiger partial charge is 0.490 e. The van der Waals surface area contributed by atoms with E-state index in [1.54, 1.807) is 0 Å². The highest BCUT2D eigenvalue weighted by Crippen LogP contribution is 2.15. The van der Waals surface area contributed by atoms with Crippen molar-refractivity contribution < 1.29 is 40.7 Å². The van der Waals surface area contributed by atoms with Crippen molar-refractivity contribution in [1.82, 2.24) is 5.32 Å². The number of amides is 1. The van der Waals surface area contributed by atoms with Gasteiger partial charge in [-0.25, -0.2) is 4.79 Å². The van der Waals surface area contributed by atoms with Gasteiger partial charge in [0, 0.05) is 0 Å². The first-order valence-corrected chi connectivity index (χ1v) is 3.90. The minimum absolute atomic E-state index is 0.404. The molecule has 18 heavy (non-hydrogen) atoms. The quantitative estimate of drug-likeness (QED) is 0.443. The van der Waals surface area contributed by atoms with Crippen molar-refractivity contribution in [3.8, 4) is 12.3 Å². The summed E-state index contributed by atoms with van der Waals surface area (Å²) in [7, 11) is 0.676. The minimum Gasteiger partial charge on any atom is -0.462 e. The smallest absolute Gasteiger partial charge is 0.462 e. The summed E-state index contributed by atoms with van der Waals surface area (Å²) in [4.78, 5) is 19.4. The average Bonchev–Trinajstić information content (AvgIpc) is 2.22. The Bertz CT molecular complexity index is 327. The van der Waals surface area contributed by atoms with Gasteiger partial charge in [-0.3, -0.25) is 4.79 Å². The molecular weight excluding hydrogens is 272 g/mol. The summed E-state index contributed by atoms with van der Waals surface area (Å²) in [5, 5.41) is 1.47. The molecule has 0 aliphatic heterocycles. The van der Waals surface area contributed by atoms with Crippen molar-refractivity contribution in [2.45, 2.75) is 12.4 Å². The maximum Gasteiger partial charge on any atom is 0.490 e. The number of hydrogen-bond acceptors (Lipinski definition) is 3. The molecule has 104 valence electrons. The van der Waals surface area contributed by atoms with E-state index in [0.717, 1.165) is 0 Å². The van der Waals surface area contributed by atoms with Crippen molar-refractivity contribution in [2.24, 2.45) is 0 Å². The van der Waals surface area contributed by atoms with Gasteiger partial charge < -0.3 is 10.1 Å².